The van der Waals surface area contributed by atoms with E-state index in [2.05, 4.69) is 10.1 Å². The SMILES string of the molecule is Oc1ccc(-c2noc(-c3ccc(O)c(Cl)c3)n2)cc1F. The monoisotopic (exact) mass is 306 g/mol. The summed E-state index contributed by atoms with van der Waals surface area (Å²) in [5.74, 6) is -0.923. The van der Waals surface area contributed by atoms with E-state index in [9.17, 15) is 9.50 Å². The highest BCUT2D eigenvalue weighted by Gasteiger charge is 2.13. The molecule has 0 radical (unpaired) electrons. The zero-order chi connectivity index (χ0) is 15.0. The summed E-state index contributed by atoms with van der Waals surface area (Å²) in [6.45, 7) is 0. The lowest BCUT2D eigenvalue weighted by Gasteiger charge is -1.98. The molecule has 0 spiro atoms. The number of halogens is 2. The Kier molecular flexibility index (Phi) is 3.23. The number of hydrogen-bond acceptors (Lipinski definition) is 5. The van der Waals surface area contributed by atoms with Crippen molar-refractivity contribution in [2.75, 3.05) is 0 Å². The van der Waals surface area contributed by atoms with Crippen molar-refractivity contribution in [2.45, 2.75) is 0 Å². The van der Waals surface area contributed by atoms with Gasteiger partial charge in [-0.3, -0.25) is 0 Å². The predicted octanol–water partition coefficient (Wildman–Crippen LogP) is 3.61. The average Bonchev–Trinajstić information content (AvgIpc) is 2.94. The van der Waals surface area contributed by atoms with Gasteiger partial charge in [0.05, 0.1) is 5.02 Å². The van der Waals surface area contributed by atoms with E-state index in [1.807, 2.05) is 0 Å². The first-order valence-electron chi connectivity index (χ1n) is 5.86. The Labute approximate surface area is 123 Å². The first-order chi connectivity index (χ1) is 10.0. The summed E-state index contributed by atoms with van der Waals surface area (Å²) in [5.41, 5.74) is 0.890. The van der Waals surface area contributed by atoms with Crippen molar-refractivity contribution < 1.29 is 19.1 Å². The van der Waals surface area contributed by atoms with Crippen molar-refractivity contribution in [1.82, 2.24) is 10.1 Å². The molecule has 1 heterocycles. The van der Waals surface area contributed by atoms with E-state index in [1.54, 1.807) is 6.07 Å². The van der Waals surface area contributed by atoms with Crippen molar-refractivity contribution in [3.8, 4) is 34.3 Å². The number of aromatic nitrogens is 2. The lowest BCUT2D eigenvalue weighted by atomic mass is 10.2. The van der Waals surface area contributed by atoms with Crippen LogP contribution in [0, 0.1) is 5.82 Å². The summed E-state index contributed by atoms with van der Waals surface area (Å²) in [7, 11) is 0. The van der Waals surface area contributed by atoms with Crippen LogP contribution in [-0.2, 0) is 0 Å². The van der Waals surface area contributed by atoms with Crippen molar-refractivity contribution in [3.05, 3.63) is 47.2 Å². The minimum atomic E-state index is -0.772. The van der Waals surface area contributed by atoms with Crippen LogP contribution in [0.2, 0.25) is 5.02 Å². The molecule has 0 saturated heterocycles. The van der Waals surface area contributed by atoms with E-state index >= 15 is 0 Å². The van der Waals surface area contributed by atoms with Crippen LogP contribution in [0.25, 0.3) is 22.8 Å². The van der Waals surface area contributed by atoms with Gasteiger partial charge in [-0.15, -0.1) is 0 Å². The Morgan fingerprint density at radius 2 is 1.71 bits per heavy atom. The third-order valence-corrected chi connectivity index (χ3v) is 3.13. The summed E-state index contributed by atoms with van der Waals surface area (Å²) in [6, 6.07) is 8.23. The predicted molar refractivity (Wildman–Crippen MR) is 73.5 cm³/mol. The van der Waals surface area contributed by atoms with Crippen molar-refractivity contribution in [1.29, 1.82) is 0 Å². The average molecular weight is 307 g/mol. The first-order valence-corrected chi connectivity index (χ1v) is 6.24. The van der Waals surface area contributed by atoms with E-state index in [0.29, 0.717) is 11.1 Å². The molecule has 0 saturated carbocycles. The lowest BCUT2D eigenvalue weighted by molar-refractivity contribution is 0.429. The quantitative estimate of drug-likeness (QED) is 0.756. The minimum Gasteiger partial charge on any atom is -0.506 e. The van der Waals surface area contributed by atoms with Gasteiger partial charge in [-0.05, 0) is 36.4 Å². The fourth-order valence-corrected chi connectivity index (χ4v) is 1.92. The lowest BCUT2D eigenvalue weighted by Crippen LogP contribution is -1.84. The molecule has 0 aliphatic rings. The number of benzene rings is 2. The molecule has 5 nitrogen and oxygen atoms in total. The zero-order valence-corrected chi connectivity index (χ0v) is 11.2. The van der Waals surface area contributed by atoms with Crippen LogP contribution in [0.15, 0.2) is 40.9 Å². The van der Waals surface area contributed by atoms with E-state index in [4.69, 9.17) is 21.2 Å². The minimum absolute atomic E-state index is 0.0549. The standard InChI is InChI=1S/C14H8ClFN2O3/c15-9-5-8(2-3-11(9)19)14-17-13(18-21-14)7-1-4-12(20)10(16)6-7/h1-6,19-20H. The van der Waals surface area contributed by atoms with Crippen LogP contribution >= 0.6 is 11.6 Å². The molecule has 7 heteroatoms. The van der Waals surface area contributed by atoms with Gasteiger partial charge in [0.1, 0.15) is 5.75 Å². The molecule has 0 aliphatic heterocycles. The normalized spacial score (nSPS) is 10.8. The van der Waals surface area contributed by atoms with Crippen molar-refractivity contribution >= 4 is 11.6 Å². The number of phenols is 2. The van der Waals surface area contributed by atoms with Gasteiger partial charge in [0.25, 0.3) is 5.89 Å². The molecular weight excluding hydrogens is 299 g/mol. The van der Waals surface area contributed by atoms with Gasteiger partial charge < -0.3 is 14.7 Å². The van der Waals surface area contributed by atoms with Crippen LogP contribution in [0.3, 0.4) is 0 Å². The Morgan fingerprint density at radius 3 is 2.43 bits per heavy atom. The van der Waals surface area contributed by atoms with Crippen LogP contribution < -0.4 is 0 Å². The molecule has 0 fully saturated rings. The van der Waals surface area contributed by atoms with Crippen LogP contribution in [0.1, 0.15) is 0 Å². The molecule has 0 unspecified atom stereocenters. The van der Waals surface area contributed by atoms with E-state index in [0.717, 1.165) is 6.07 Å². The van der Waals surface area contributed by atoms with Crippen molar-refractivity contribution in [3.63, 3.8) is 0 Å². The van der Waals surface area contributed by atoms with E-state index in [1.165, 1.54) is 24.3 Å². The van der Waals surface area contributed by atoms with Gasteiger partial charge in [-0.25, -0.2) is 4.39 Å². The third kappa shape index (κ3) is 2.53. The van der Waals surface area contributed by atoms with Gasteiger partial charge >= 0.3 is 0 Å². The van der Waals surface area contributed by atoms with Gasteiger partial charge in [0, 0.05) is 11.1 Å². The molecule has 21 heavy (non-hydrogen) atoms. The fraction of sp³-hybridized carbons (Fsp3) is 0. The second-order valence-corrected chi connectivity index (χ2v) is 4.66. The largest absolute Gasteiger partial charge is 0.506 e. The summed E-state index contributed by atoms with van der Waals surface area (Å²) < 4.78 is 18.4. The molecule has 3 rings (SSSR count). The van der Waals surface area contributed by atoms with Gasteiger partial charge in [0.2, 0.25) is 5.82 Å². The molecule has 1 aromatic heterocycles. The van der Waals surface area contributed by atoms with Crippen LogP contribution in [-0.4, -0.2) is 20.4 Å². The Balaban J connectivity index is 1.99. The second-order valence-electron chi connectivity index (χ2n) is 4.26. The molecule has 0 aliphatic carbocycles. The Bertz CT molecular complexity index is 754. The molecule has 2 aromatic carbocycles. The molecule has 0 atom stereocenters. The maximum Gasteiger partial charge on any atom is 0.258 e. The highest BCUT2D eigenvalue weighted by molar-refractivity contribution is 6.32. The topological polar surface area (TPSA) is 79.4 Å². The number of nitrogens with zero attached hydrogens (tertiary/aromatic N) is 2. The number of aromatic hydroxyl groups is 2. The molecule has 0 amide bonds. The zero-order valence-electron chi connectivity index (χ0n) is 10.4. The smallest absolute Gasteiger partial charge is 0.258 e. The summed E-state index contributed by atoms with van der Waals surface area (Å²) in [5, 5.41) is 22.4. The fourth-order valence-electron chi connectivity index (χ4n) is 1.74. The maximum absolute atomic E-state index is 13.3. The Morgan fingerprint density at radius 1 is 1.00 bits per heavy atom. The maximum atomic E-state index is 13.3. The van der Waals surface area contributed by atoms with E-state index in [-0.39, 0.29) is 22.5 Å². The first kappa shape index (κ1) is 13.4. The van der Waals surface area contributed by atoms with E-state index < -0.39 is 11.6 Å². The number of hydrogen-bond donors (Lipinski definition) is 2. The number of rotatable bonds is 2. The van der Waals surface area contributed by atoms with Crippen molar-refractivity contribution in [2.24, 2.45) is 0 Å². The molecule has 0 bridgehead atoms. The summed E-state index contributed by atoms with van der Waals surface area (Å²) in [6.07, 6.45) is 0. The third-order valence-electron chi connectivity index (χ3n) is 2.83. The molecule has 106 valence electrons. The summed E-state index contributed by atoms with van der Waals surface area (Å²) in [4.78, 5) is 4.13. The van der Waals surface area contributed by atoms with Crippen LogP contribution in [0.4, 0.5) is 4.39 Å². The van der Waals surface area contributed by atoms with Gasteiger partial charge in [-0.1, -0.05) is 16.8 Å². The highest BCUT2D eigenvalue weighted by Crippen LogP contribution is 2.30. The highest BCUT2D eigenvalue weighted by atomic mass is 35.5. The Hall–Kier alpha value is -2.60. The molecule has 3 aromatic rings. The van der Waals surface area contributed by atoms with Crippen LogP contribution in [0.5, 0.6) is 11.5 Å². The molecule has 2 N–H and O–H groups in total. The second kappa shape index (κ2) is 5.06. The number of phenolic OH excluding ortho intramolecular Hbond substituents is 2. The van der Waals surface area contributed by atoms with Gasteiger partial charge in [0.15, 0.2) is 11.6 Å². The molecular formula is C14H8ClFN2O3. The summed E-state index contributed by atoms with van der Waals surface area (Å²) >= 11 is 5.81. The van der Waals surface area contributed by atoms with Gasteiger partial charge in [-0.2, -0.15) is 4.98 Å².